The maximum absolute atomic E-state index is 12.0. The summed E-state index contributed by atoms with van der Waals surface area (Å²) in [5.74, 6) is -0.0466. The van der Waals surface area contributed by atoms with E-state index in [4.69, 9.17) is 0 Å². The zero-order valence-electron chi connectivity index (χ0n) is 10.2. The maximum atomic E-state index is 12.0. The summed E-state index contributed by atoms with van der Waals surface area (Å²) >= 11 is 0. The van der Waals surface area contributed by atoms with Crippen molar-refractivity contribution in [3.8, 4) is 0 Å². The Morgan fingerprint density at radius 1 is 1.41 bits per heavy atom. The van der Waals surface area contributed by atoms with Crippen molar-refractivity contribution in [1.29, 1.82) is 0 Å². The molecule has 0 fully saturated rings. The zero-order chi connectivity index (χ0) is 12.3. The number of aryl methyl sites for hydroxylation is 1. The van der Waals surface area contributed by atoms with Crippen molar-refractivity contribution in [3.63, 3.8) is 0 Å². The van der Waals surface area contributed by atoms with Gasteiger partial charge >= 0.3 is 0 Å². The number of carbonyl (C=O) groups excluding carboxylic acids is 1. The van der Waals surface area contributed by atoms with Crippen molar-refractivity contribution in [3.05, 3.63) is 35.8 Å². The van der Waals surface area contributed by atoms with Gasteiger partial charge in [-0.05, 0) is 25.5 Å². The van der Waals surface area contributed by atoms with Crippen LogP contribution in [0.3, 0.4) is 0 Å². The van der Waals surface area contributed by atoms with Gasteiger partial charge in [-0.1, -0.05) is 19.4 Å². The molecule has 90 valence electrons. The number of amides is 1. The first-order valence-corrected chi connectivity index (χ1v) is 6.02. The molecule has 0 spiro atoms. The van der Waals surface area contributed by atoms with Crippen LogP contribution in [-0.4, -0.2) is 21.8 Å². The maximum Gasteiger partial charge on any atom is 0.270 e. The molecule has 4 nitrogen and oxygen atoms in total. The number of hydrogen-bond acceptors (Lipinski definition) is 2. The molecule has 0 aromatic carbocycles. The molecule has 0 aliphatic rings. The molecule has 4 heteroatoms. The summed E-state index contributed by atoms with van der Waals surface area (Å²) in [5, 5.41) is 2.84. The summed E-state index contributed by atoms with van der Waals surface area (Å²) in [6.07, 6.45) is 3.69. The number of aromatic nitrogens is 2. The second-order valence-corrected chi connectivity index (χ2v) is 3.95. The average Bonchev–Trinajstić information content (AvgIpc) is 2.67. The Morgan fingerprint density at radius 2 is 2.24 bits per heavy atom. The minimum Gasteiger partial charge on any atom is -0.351 e. The van der Waals surface area contributed by atoms with Gasteiger partial charge in [-0.3, -0.25) is 9.20 Å². The fourth-order valence-electron chi connectivity index (χ4n) is 1.94. The summed E-state index contributed by atoms with van der Waals surface area (Å²) in [4.78, 5) is 16.6. The topological polar surface area (TPSA) is 46.4 Å². The van der Waals surface area contributed by atoms with E-state index in [1.807, 2.05) is 35.7 Å². The van der Waals surface area contributed by atoms with Crippen LogP contribution >= 0.6 is 0 Å². The number of nitrogens with zero attached hydrogens (tertiary/aromatic N) is 2. The molecule has 2 aromatic heterocycles. The Labute approximate surface area is 101 Å². The van der Waals surface area contributed by atoms with E-state index in [9.17, 15) is 4.79 Å². The van der Waals surface area contributed by atoms with Gasteiger partial charge < -0.3 is 5.32 Å². The summed E-state index contributed by atoms with van der Waals surface area (Å²) in [7, 11) is 0. The highest BCUT2D eigenvalue weighted by molar-refractivity contribution is 5.94. The third-order valence-electron chi connectivity index (χ3n) is 2.64. The minimum absolute atomic E-state index is 0.0466. The van der Waals surface area contributed by atoms with Crippen LogP contribution in [0, 0.1) is 0 Å². The van der Waals surface area contributed by atoms with Crippen molar-refractivity contribution in [2.24, 2.45) is 0 Å². The minimum atomic E-state index is -0.0466. The number of imidazole rings is 1. The molecule has 0 saturated heterocycles. The largest absolute Gasteiger partial charge is 0.351 e. The van der Waals surface area contributed by atoms with Crippen molar-refractivity contribution in [1.82, 2.24) is 14.7 Å². The van der Waals surface area contributed by atoms with E-state index >= 15 is 0 Å². The molecule has 1 amide bonds. The van der Waals surface area contributed by atoms with Gasteiger partial charge in [-0.25, -0.2) is 4.98 Å². The van der Waals surface area contributed by atoms with Crippen LogP contribution in [0.5, 0.6) is 0 Å². The number of carbonyl (C=O) groups is 1. The van der Waals surface area contributed by atoms with Crippen LogP contribution in [0.1, 0.15) is 36.5 Å². The molecule has 0 unspecified atom stereocenters. The Hall–Kier alpha value is -1.84. The second kappa shape index (κ2) is 4.99. The van der Waals surface area contributed by atoms with Gasteiger partial charge in [-0.15, -0.1) is 0 Å². The number of nitrogens with one attached hydrogen (secondary N) is 1. The summed E-state index contributed by atoms with van der Waals surface area (Å²) in [5.41, 5.74) is 2.38. The molecule has 17 heavy (non-hydrogen) atoms. The monoisotopic (exact) mass is 231 g/mol. The van der Waals surface area contributed by atoms with Crippen LogP contribution in [0.15, 0.2) is 24.4 Å². The van der Waals surface area contributed by atoms with Crippen LogP contribution < -0.4 is 5.32 Å². The van der Waals surface area contributed by atoms with E-state index in [1.54, 1.807) is 0 Å². The van der Waals surface area contributed by atoms with Gasteiger partial charge in [0.05, 0.1) is 5.69 Å². The Morgan fingerprint density at radius 3 is 2.94 bits per heavy atom. The van der Waals surface area contributed by atoms with Crippen molar-refractivity contribution < 1.29 is 4.79 Å². The Kier molecular flexibility index (Phi) is 3.42. The first-order chi connectivity index (χ1) is 8.27. The van der Waals surface area contributed by atoms with Crippen LogP contribution in [0.2, 0.25) is 0 Å². The molecule has 2 rings (SSSR count). The van der Waals surface area contributed by atoms with Gasteiger partial charge in [-0.2, -0.15) is 0 Å². The lowest BCUT2D eigenvalue weighted by molar-refractivity contribution is 0.0949. The molecule has 2 aromatic rings. The van der Waals surface area contributed by atoms with Crippen LogP contribution in [0.4, 0.5) is 0 Å². The molecule has 0 aliphatic carbocycles. The number of pyridine rings is 1. The van der Waals surface area contributed by atoms with E-state index < -0.39 is 0 Å². The fraction of sp³-hybridized carbons (Fsp3) is 0.385. The van der Waals surface area contributed by atoms with E-state index in [1.165, 1.54) is 0 Å². The predicted octanol–water partition coefficient (Wildman–Crippen LogP) is 2.04. The molecule has 2 heterocycles. The highest BCUT2D eigenvalue weighted by atomic mass is 16.1. The lowest BCUT2D eigenvalue weighted by Gasteiger charge is -2.04. The van der Waals surface area contributed by atoms with E-state index in [0.29, 0.717) is 12.2 Å². The predicted molar refractivity (Wildman–Crippen MR) is 67.2 cm³/mol. The Balaban J connectivity index is 2.55. The molecular weight excluding hydrogens is 214 g/mol. The molecular formula is C13H17N3O. The van der Waals surface area contributed by atoms with Gasteiger partial charge in [0.15, 0.2) is 0 Å². The van der Waals surface area contributed by atoms with Crippen molar-refractivity contribution in [2.45, 2.75) is 26.7 Å². The molecule has 0 radical (unpaired) electrons. The first-order valence-electron chi connectivity index (χ1n) is 6.02. The number of fused-ring (bicyclic) bond motifs is 1. The van der Waals surface area contributed by atoms with Gasteiger partial charge in [0.1, 0.15) is 11.3 Å². The molecule has 0 bridgehead atoms. The smallest absolute Gasteiger partial charge is 0.270 e. The van der Waals surface area contributed by atoms with E-state index in [0.717, 1.165) is 24.2 Å². The van der Waals surface area contributed by atoms with Crippen molar-refractivity contribution >= 4 is 11.6 Å². The molecule has 0 saturated carbocycles. The quantitative estimate of drug-likeness (QED) is 0.875. The van der Waals surface area contributed by atoms with E-state index in [-0.39, 0.29) is 5.91 Å². The van der Waals surface area contributed by atoms with Crippen LogP contribution in [0.25, 0.3) is 5.65 Å². The van der Waals surface area contributed by atoms with Gasteiger partial charge in [0.2, 0.25) is 0 Å². The lowest BCUT2D eigenvalue weighted by atomic mass is 10.2. The van der Waals surface area contributed by atoms with Crippen molar-refractivity contribution in [2.75, 3.05) is 6.54 Å². The Bertz CT molecular complexity index is 530. The SMILES string of the molecule is CCCc1nc2ccccn2c1C(=O)NCC. The fourth-order valence-corrected chi connectivity index (χ4v) is 1.94. The normalized spacial score (nSPS) is 10.7. The molecule has 1 N–H and O–H groups in total. The zero-order valence-corrected chi connectivity index (χ0v) is 10.2. The average molecular weight is 231 g/mol. The number of rotatable bonds is 4. The van der Waals surface area contributed by atoms with E-state index in [2.05, 4.69) is 17.2 Å². The lowest BCUT2D eigenvalue weighted by Crippen LogP contribution is -2.25. The van der Waals surface area contributed by atoms with Gasteiger partial charge in [0, 0.05) is 12.7 Å². The standard InChI is InChI=1S/C13H17N3O/c1-3-7-10-12(13(17)14-4-2)16-9-6-5-8-11(16)15-10/h5-6,8-9H,3-4,7H2,1-2H3,(H,14,17). The second-order valence-electron chi connectivity index (χ2n) is 3.95. The summed E-state index contributed by atoms with van der Waals surface area (Å²) in [6.45, 7) is 4.64. The third kappa shape index (κ3) is 2.16. The third-order valence-corrected chi connectivity index (χ3v) is 2.64. The molecule has 0 atom stereocenters. The highest BCUT2D eigenvalue weighted by Gasteiger charge is 2.17. The number of hydrogen-bond donors (Lipinski definition) is 1. The summed E-state index contributed by atoms with van der Waals surface area (Å²) < 4.78 is 1.86. The first kappa shape index (κ1) is 11.6. The summed E-state index contributed by atoms with van der Waals surface area (Å²) in [6, 6.07) is 5.76. The van der Waals surface area contributed by atoms with Crippen LogP contribution in [-0.2, 0) is 6.42 Å². The highest BCUT2D eigenvalue weighted by Crippen LogP contribution is 2.14. The molecule has 0 aliphatic heterocycles. The van der Waals surface area contributed by atoms with Gasteiger partial charge in [0.25, 0.3) is 5.91 Å².